The molecule has 1 atom stereocenters. The number of rotatable bonds is 3. The number of likely N-dealkylation sites (tertiary alicyclic amines) is 1. The summed E-state index contributed by atoms with van der Waals surface area (Å²) in [6.45, 7) is 4.37. The average molecular weight is 262 g/mol. The Morgan fingerprint density at radius 1 is 1.21 bits per heavy atom. The number of carboxylic acids is 1. The fourth-order valence-electron chi connectivity index (χ4n) is 2.95. The first-order chi connectivity index (χ1) is 9.24. The molecule has 19 heavy (non-hydrogen) atoms. The summed E-state index contributed by atoms with van der Waals surface area (Å²) in [5, 5.41) is 8.80. The van der Waals surface area contributed by atoms with E-state index in [1.807, 2.05) is 0 Å². The first-order valence-corrected chi connectivity index (χ1v) is 6.78. The lowest BCUT2D eigenvalue weighted by molar-refractivity contribution is 0.0690. The molecule has 2 fully saturated rings. The van der Waals surface area contributed by atoms with Crippen molar-refractivity contribution in [1.29, 1.82) is 0 Å². The van der Waals surface area contributed by atoms with Crippen molar-refractivity contribution in [3.8, 4) is 0 Å². The van der Waals surface area contributed by atoms with Crippen molar-refractivity contribution < 1.29 is 9.90 Å². The molecule has 0 saturated carbocycles. The van der Waals surface area contributed by atoms with Gasteiger partial charge in [-0.1, -0.05) is 0 Å². The minimum absolute atomic E-state index is 0.000889. The van der Waals surface area contributed by atoms with Gasteiger partial charge in [-0.25, -0.2) is 14.8 Å². The quantitative estimate of drug-likeness (QED) is 0.871. The van der Waals surface area contributed by atoms with Crippen LogP contribution in [0.25, 0.3) is 0 Å². The number of nitrogens with zero attached hydrogens (tertiary/aromatic N) is 4. The van der Waals surface area contributed by atoms with Gasteiger partial charge >= 0.3 is 5.97 Å². The second-order valence-electron chi connectivity index (χ2n) is 5.20. The van der Waals surface area contributed by atoms with Crippen LogP contribution in [0.5, 0.6) is 0 Å². The Balaban J connectivity index is 1.65. The number of carbonyl (C=O) groups is 1. The van der Waals surface area contributed by atoms with E-state index in [-0.39, 0.29) is 5.69 Å². The van der Waals surface area contributed by atoms with E-state index in [0.29, 0.717) is 6.04 Å². The molecule has 0 spiro atoms. The highest BCUT2D eigenvalue weighted by atomic mass is 16.4. The van der Waals surface area contributed by atoms with Crippen LogP contribution in [-0.2, 0) is 0 Å². The third kappa shape index (κ3) is 2.53. The highest BCUT2D eigenvalue weighted by Crippen LogP contribution is 2.23. The minimum atomic E-state index is -1.03. The lowest BCUT2D eigenvalue weighted by atomic mass is 10.2. The predicted octanol–water partition coefficient (Wildman–Crippen LogP) is 0.849. The maximum atomic E-state index is 10.7. The lowest BCUT2D eigenvalue weighted by Gasteiger charge is -2.23. The summed E-state index contributed by atoms with van der Waals surface area (Å²) in [5.41, 5.74) is -0.000889. The number of anilines is 1. The van der Waals surface area contributed by atoms with Crippen molar-refractivity contribution in [2.24, 2.45) is 0 Å². The third-order valence-corrected chi connectivity index (χ3v) is 4.00. The largest absolute Gasteiger partial charge is 0.476 e. The second kappa shape index (κ2) is 5.13. The topological polar surface area (TPSA) is 69.6 Å². The molecule has 0 aromatic carbocycles. The van der Waals surface area contributed by atoms with Gasteiger partial charge in [0.25, 0.3) is 0 Å². The summed E-state index contributed by atoms with van der Waals surface area (Å²) < 4.78 is 0. The highest BCUT2D eigenvalue weighted by molar-refractivity contribution is 5.84. The molecule has 2 aliphatic heterocycles. The number of aromatic nitrogens is 2. The van der Waals surface area contributed by atoms with Gasteiger partial charge in [-0.15, -0.1) is 0 Å². The first-order valence-electron chi connectivity index (χ1n) is 6.78. The number of carboxylic acid groups (broad SMARTS) is 1. The van der Waals surface area contributed by atoms with Gasteiger partial charge in [0.05, 0.1) is 12.4 Å². The van der Waals surface area contributed by atoms with Crippen LogP contribution in [-0.4, -0.2) is 58.2 Å². The van der Waals surface area contributed by atoms with E-state index in [9.17, 15) is 4.79 Å². The number of aromatic carboxylic acids is 1. The maximum absolute atomic E-state index is 10.7. The van der Waals surface area contributed by atoms with Gasteiger partial charge < -0.3 is 10.0 Å². The summed E-state index contributed by atoms with van der Waals surface area (Å²) in [5.74, 6) is -0.248. The Morgan fingerprint density at radius 3 is 2.63 bits per heavy atom. The fraction of sp³-hybridized carbons (Fsp3) is 0.615. The second-order valence-corrected chi connectivity index (χ2v) is 5.20. The van der Waals surface area contributed by atoms with E-state index in [2.05, 4.69) is 19.8 Å². The maximum Gasteiger partial charge on any atom is 0.356 e. The molecule has 6 heteroatoms. The summed E-state index contributed by atoms with van der Waals surface area (Å²) in [4.78, 5) is 23.6. The molecule has 1 N–H and O–H groups in total. The molecule has 0 aliphatic carbocycles. The van der Waals surface area contributed by atoms with Gasteiger partial charge in [0, 0.05) is 19.1 Å². The molecular weight excluding hydrogens is 244 g/mol. The molecule has 102 valence electrons. The zero-order valence-corrected chi connectivity index (χ0v) is 10.8. The van der Waals surface area contributed by atoms with Gasteiger partial charge in [-0.05, 0) is 32.4 Å². The van der Waals surface area contributed by atoms with Crippen LogP contribution in [0.4, 0.5) is 5.82 Å². The molecule has 6 nitrogen and oxygen atoms in total. The molecule has 0 bridgehead atoms. The molecule has 3 rings (SSSR count). The van der Waals surface area contributed by atoms with Crippen molar-refractivity contribution in [1.82, 2.24) is 14.9 Å². The zero-order valence-electron chi connectivity index (χ0n) is 10.8. The summed E-state index contributed by atoms with van der Waals surface area (Å²) >= 11 is 0. The van der Waals surface area contributed by atoms with Crippen LogP contribution in [0.1, 0.15) is 29.8 Å². The van der Waals surface area contributed by atoms with Gasteiger partial charge in [0.15, 0.2) is 5.69 Å². The molecule has 2 saturated heterocycles. The highest BCUT2D eigenvalue weighted by Gasteiger charge is 2.29. The fourth-order valence-corrected chi connectivity index (χ4v) is 2.95. The number of hydrogen-bond donors (Lipinski definition) is 1. The van der Waals surface area contributed by atoms with Gasteiger partial charge in [-0.2, -0.15) is 0 Å². The Labute approximate surface area is 112 Å². The first kappa shape index (κ1) is 12.3. The van der Waals surface area contributed by atoms with Crippen LogP contribution in [0.2, 0.25) is 0 Å². The van der Waals surface area contributed by atoms with Crippen LogP contribution >= 0.6 is 0 Å². The summed E-state index contributed by atoms with van der Waals surface area (Å²) in [6.07, 6.45) is 6.67. The SMILES string of the molecule is O=C(O)c1cnc(N2CCC(N3CCCC3)C2)cn1. The van der Waals surface area contributed by atoms with E-state index in [1.54, 1.807) is 6.20 Å². The minimum Gasteiger partial charge on any atom is -0.476 e. The van der Waals surface area contributed by atoms with Crippen molar-refractivity contribution in [3.63, 3.8) is 0 Å². The van der Waals surface area contributed by atoms with E-state index in [0.717, 1.165) is 25.3 Å². The molecule has 3 heterocycles. The predicted molar refractivity (Wildman–Crippen MR) is 70.4 cm³/mol. The molecule has 1 aromatic rings. The Hall–Kier alpha value is -1.69. The van der Waals surface area contributed by atoms with E-state index < -0.39 is 5.97 Å². The third-order valence-electron chi connectivity index (χ3n) is 4.00. The average Bonchev–Trinajstić information content (AvgIpc) is 3.10. The van der Waals surface area contributed by atoms with Crippen molar-refractivity contribution >= 4 is 11.8 Å². The Kier molecular flexibility index (Phi) is 3.33. The van der Waals surface area contributed by atoms with Gasteiger partial charge in [-0.3, -0.25) is 4.90 Å². The van der Waals surface area contributed by atoms with Gasteiger partial charge in [0.1, 0.15) is 5.82 Å². The van der Waals surface area contributed by atoms with Crippen molar-refractivity contribution in [2.75, 3.05) is 31.1 Å². The van der Waals surface area contributed by atoms with Crippen LogP contribution in [0.3, 0.4) is 0 Å². The summed E-state index contributed by atoms with van der Waals surface area (Å²) in [6, 6.07) is 0.614. The molecule has 2 aliphatic rings. The Bertz CT molecular complexity index is 456. The van der Waals surface area contributed by atoms with Gasteiger partial charge in [0.2, 0.25) is 0 Å². The number of hydrogen-bond acceptors (Lipinski definition) is 5. The smallest absolute Gasteiger partial charge is 0.356 e. The molecule has 0 amide bonds. The van der Waals surface area contributed by atoms with Crippen LogP contribution in [0, 0.1) is 0 Å². The summed E-state index contributed by atoms with van der Waals surface area (Å²) in [7, 11) is 0. The lowest BCUT2D eigenvalue weighted by Crippen LogP contribution is -2.35. The van der Waals surface area contributed by atoms with Crippen molar-refractivity contribution in [3.05, 3.63) is 18.1 Å². The normalized spacial score (nSPS) is 24.0. The van der Waals surface area contributed by atoms with Crippen LogP contribution < -0.4 is 4.90 Å². The monoisotopic (exact) mass is 262 g/mol. The molecule has 1 unspecified atom stereocenters. The standard InChI is InChI=1S/C13H18N4O2/c18-13(19)11-7-15-12(8-14-11)17-6-3-10(9-17)16-4-1-2-5-16/h7-8,10H,1-6,9H2,(H,18,19). The molecular formula is C13H18N4O2. The van der Waals surface area contributed by atoms with Crippen LogP contribution in [0.15, 0.2) is 12.4 Å². The van der Waals surface area contributed by atoms with E-state index >= 15 is 0 Å². The Morgan fingerprint density at radius 2 is 2.00 bits per heavy atom. The van der Waals surface area contributed by atoms with E-state index in [1.165, 1.54) is 32.1 Å². The molecule has 1 aromatic heterocycles. The zero-order chi connectivity index (χ0) is 13.2. The van der Waals surface area contributed by atoms with Crippen molar-refractivity contribution in [2.45, 2.75) is 25.3 Å². The van der Waals surface area contributed by atoms with E-state index in [4.69, 9.17) is 5.11 Å². The molecule has 0 radical (unpaired) electrons.